The van der Waals surface area contributed by atoms with Gasteiger partial charge in [0.25, 0.3) is 0 Å². The predicted octanol–water partition coefficient (Wildman–Crippen LogP) is 0.943. The maximum Gasteiger partial charge on any atom is 0.485 e. The van der Waals surface area contributed by atoms with Gasteiger partial charge in [-0.1, -0.05) is 13.3 Å². The average molecular weight is 313 g/mol. The van der Waals surface area contributed by atoms with E-state index in [1.807, 2.05) is 20.8 Å². The molecule has 1 saturated heterocycles. The molecule has 1 aliphatic heterocycles. The van der Waals surface area contributed by atoms with Crippen LogP contribution < -0.4 is 0 Å². The van der Waals surface area contributed by atoms with E-state index in [1.165, 1.54) is 0 Å². The van der Waals surface area contributed by atoms with Crippen LogP contribution in [0.25, 0.3) is 0 Å². The summed E-state index contributed by atoms with van der Waals surface area (Å²) in [5.74, 6) is 0. The zero-order chi connectivity index (χ0) is 13.4. The summed E-state index contributed by atoms with van der Waals surface area (Å²) in [5, 5.41) is 0. The van der Waals surface area contributed by atoms with E-state index in [2.05, 4.69) is 6.92 Å². The first-order chi connectivity index (χ1) is 8.69. The zero-order valence-electron chi connectivity index (χ0n) is 11.6. The van der Waals surface area contributed by atoms with Crippen molar-refractivity contribution in [2.24, 2.45) is 0 Å². The van der Waals surface area contributed by atoms with E-state index >= 15 is 0 Å². The Balaban J connectivity index is 2.72. The van der Waals surface area contributed by atoms with Crippen LogP contribution >= 0.6 is 0 Å². The first kappa shape index (κ1) is 16.5. The van der Waals surface area contributed by atoms with Crippen LogP contribution in [0.1, 0.15) is 34.1 Å². The van der Waals surface area contributed by atoms with E-state index in [0.717, 1.165) is 12.5 Å². The van der Waals surface area contributed by atoms with Crippen molar-refractivity contribution in [1.82, 2.24) is 0 Å². The summed E-state index contributed by atoms with van der Waals surface area (Å²) in [6.45, 7) is 9.62. The second kappa shape index (κ2) is 8.56. The SMILES string of the molecule is CCC[Si]1(OCC)O[SiH](OCC)O[SiH](OCC)O1. The van der Waals surface area contributed by atoms with Crippen LogP contribution in [0, 0.1) is 0 Å². The zero-order valence-corrected chi connectivity index (χ0v) is 14.9. The monoisotopic (exact) mass is 312 g/mol. The summed E-state index contributed by atoms with van der Waals surface area (Å²) in [6.07, 6.45) is 0.951. The molecule has 0 aliphatic carbocycles. The minimum Gasteiger partial charge on any atom is -0.377 e. The summed E-state index contributed by atoms with van der Waals surface area (Å²) in [4.78, 5) is 0. The Morgan fingerprint density at radius 2 is 1.44 bits per heavy atom. The fraction of sp³-hybridized carbons (Fsp3) is 1.00. The van der Waals surface area contributed by atoms with Crippen LogP contribution in [0.15, 0.2) is 0 Å². The molecule has 6 nitrogen and oxygen atoms in total. The molecule has 0 spiro atoms. The van der Waals surface area contributed by atoms with Crippen molar-refractivity contribution >= 4 is 27.9 Å². The van der Waals surface area contributed by atoms with E-state index in [0.29, 0.717) is 19.8 Å². The van der Waals surface area contributed by atoms with Gasteiger partial charge < -0.3 is 25.6 Å². The standard InChI is InChI=1S/C9H24O6Si3/c1-5-9-18(12-8-4)14-16(10-6-2)13-17(15-18)11-7-3/h16-17H,5-9H2,1-4H3. The second-order valence-electron chi connectivity index (χ2n) is 3.73. The molecule has 1 fully saturated rings. The third-order valence-electron chi connectivity index (χ3n) is 2.30. The van der Waals surface area contributed by atoms with Gasteiger partial charge in [-0.3, -0.25) is 0 Å². The van der Waals surface area contributed by atoms with E-state index < -0.39 is 27.9 Å². The Labute approximate surface area is 114 Å². The van der Waals surface area contributed by atoms with Crippen molar-refractivity contribution < 1.29 is 25.6 Å². The topological polar surface area (TPSA) is 55.4 Å². The van der Waals surface area contributed by atoms with Crippen LogP contribution in [0.5, 0.6) is 0 Å². The second-order valence-corrected chi connectivity index (χ2v) is 10.7. The summed E-state index contributed by atoms with van der Waals surface area (Å²) < 4.78 is 34.3. The molecule has 0 aromatic rings. The van der Waals surface area contributed by atoms with Crippen LogP contribution in [0.2, 0.25) is 6.04 Å². The van der Waals surface area contributed by atoms with Crippen LogP contribution in [-0.2, 0) is 25.6 Å². The molecule has 0 saturated carbocycles. The number of hydrogen-bond donors (Lipinski definition) is 0. The molecular formula is C9H24O6Si3. The third-order valence-corrected chi connectivity index (χ3v) is 11.5. The molecule has 0 aromatic heterocycles. The van der Waals surface area contributed by atoms with Gasteiger partial charge in [-0.25, -0.2) is 0 Å². The highest BCUT2D eigenvalue weighted by atomic mass is 28.5. The molecule has 0 amide bonds. The van der Waals surface area contributed by atoms with E-state index in [-0.39, 0.29) is 0 Å². The summed E-state index contributed by atoms with van der Waals surface area (Å²) in [7, 11) is -6.95. The highest BCUT2D eigenvalue weighted by Crippen LogP contribution is 2.25. The lowest BCUT2D eigenvalue weighted by atomic mass is 10.6. The molecule has 0 radical (unpaired) electrons. The van der Waals surface area contributed by atoms with Gasteiger partial charge in [0, 0.05) is 25.9 Å². The van der Waals surface area contributed by atoms with Crippen LogP contribution in [-0.4, -0.2) is 47.7 Å². The van der Waals surface area contributed by atoms with Crippen molar-refractivity contribution in [3.8, 4) is 0 Å². The van der Waals surface area contributed by atoms with Gasteiger partial charge in [-0.05, 0) is 20.8 Å². The minimum absolute atomic E-state index is 0.576. The molecular weight excluding hydrogens is 288 g/mol. The quantitative estimate of drug-likeness (QED) is 0.622. The Morgan fingerprint density at radius 1 is 0.889 bits per heavy atom. The molecule has 2 unspecified atom stereocenters. The summed E-state index contributed by atoms with van der Waals surface area (Å²) in [6, 6.07) is 0.789. The van der Waals surface area contributed by atoms with Gasteiger partial charge >= 0.3 is 27.9 Å². The van der Waals surface area contributed by atoms with Gasteiger partial charge in [-0.2, -0.15) is 0 Å². The van der Waals surface area contributed by atoms with Crippen molar-refractivity contribution in [3.05, 3.63) is 0 Å². The molecule has 0 bridgehead atoms. The first-order valence-electron chi connectivity index (χ1n) is 6.57. The molecule has 18 heavy (non-hydrogen) atoms. The normalized spacial score (nSPS) is 32.7. The highest BCUT2D eigenvalue weighted by Gasteiger charge is 2.51. The van der Waals surface area contributed by atoms with Crippen molar-refractivity contribution in [2.75, 3.05) is 19.8 Å². The molecule has 0 aromatic carbocycles. The average Bonchev–Trinajstić information content (AvgIpc) is 2.30. The fourth-order valence-corrected chi connectivity index (χ4v) is 11.3. The smallest absolute Gasteiger partial charge is 0.377 e. The van der Waals surface area contributed by atoms with Crippen molar-refractivity contribution in [1.29, 1.82) is 0 Å². The van der Waals surface area contributed by atoms with Crippen LogP contribution in [0.3, 0.4) is 0 Å². The molecule has 1 rings (SSSR count). The van der Waals surface area contributed by atoms with Gasteiger partial charge in [0.2, 0.25) is 0 Å². The van der Waals surface area contributed by atoms with Gasteiger partial charge in [0.05, 0.1) is 0 Å². The van der Waals surface area contributed by atoms with Crippen LogP contribution in [0.4, 0.5) is 0 Å². The third kappa shape index (κ3) is 4.83. The Morgan fingerprint density at radius 3 is 1.83 bits per heavy atom. The minimum atomic E-state index is -2.63. The Hall–Kier alpha value is 0.411. The summed E-state index contributed by atoms with van der Waals surface area (Å²) >= 11 is 0. The number of rotatable bonds is 8. The Kier molecular flexibility index (Phi) is 7.83. The molecule has 9 heteroatoms. The van der Waals surface area contributed by atoms with Gasteiger partial charge in [-0.15, -0.1) is 0 Å². The first-order valence-corrected chi connectivity index (χ1v) is 11.3. The largest absolute Gasteiger partial charge is 0.485 e. The van der Waals surface area contributed by atoms with Gasteiger partial charge in [0.15, 0.2) is 0 Å². The highest BCUT2D eigenvalue weighted by molar-refractivity contribution is 6.77. The fourth-order valence-electron chi connectivity index (χ4n) is 1.67. The molecule has 0 N–H and O–H groups in total. The van der Waals surface area contributed by atoms with Crippen molar-refractivity contribution in [2.45, 2.75) is 40.2 Å². The van der Waals surface area contributed by atoms with E-state index in [9.17, 15) is 0 Å². The predicted molar refractivity (Wildman–Crippen MR) is 73.3 cm³/mol. The van der Waals surface area contributed by atoms with Crippen molar-refractivity contribution in [3.63, 3.8) is 0 Å². The number of hydrogen-bond acceptors (Lipinski definition) is 6. The maximum absolute atomic E-state index is 5.92. The molecule has 2 atom stereocenters. The lowest BCUT2D eigenvalue weighted by Gasteiger charge is -2.39. The maximum atomic E-state index is 5.92. The van der Waals surface area contributed by atoms with Gasteiger partial charge in [0.1, 0.15) is 0 Å². The molecule has 1 heterocycles. The molecule has 108 valence electrons. The van der Waals surface area contributed by atoms with E-state index in [1.54, 1.807) is 0 Å². The molecule has 1 aliphatic rings. The lowest BCUT2D eigenvalue weighted by Crippen LogP contribution is -2.61. The van der Waals surface area contributed by atoms with E-state index in [4.69, 9.17) is 25.6 Å². The summed E-state index contributed by atoms with van der Waals surface area (Å²) in [5.41, 5.74) is 0. The Bertz CT molecular complexity index is 210. The lowest BCUT2D eigenvalue weighted by molar-refractivity contribution is 0.0525.